The highest BCUT2D eigenvalue weighted by Gasteiger charge is 2.30. The normalized spacial score (nSPS) is 25.2. The number of carbonyl (C=O) groups excluding carboxylic acids is 1. The van der Waals surface area contributed by atoms with Crippen LogP contribution in [0, 0.1) is 0 Å². The van der Waals surface area contributed by atoms with E-state index in [1.807, 2.05) is 11.9 Å². The van der Waals surface area contributed by atoms with E-state index in [0.717, 1.165) is 64.7 Å². The van der Waals surface area contributed by atoms with Gasteiger partial charge in [0.05, 0.1) is 12.7 Å². The highest BCUT2D eigenvalue weighted by atomic mass is 16.5. The Hall–Kier alpha value is -2.16. The maximum atomic E-state index is 12.6. The second-order valence-electron chi connectivity index (χ2n) is 8.95. The largest absolute Gasteiger partial charge is 0.376 e. The summed E-state index contributed by atoms with van der Waals surface area (Å²) in [5.41, 5.74) is 2.58. The van der Waals surface area contributed by atoms with Crippen LogP contribution in [-0.2, 0) is 27.4 Å². The first-order valence-corrected chi connectivity index (χ1v) is 11.9. The SMILES string of the molecule is CN=C(NCc1cccc(CN2CCOC(C)C2)c1)N1CCN(C(=O)C2CCCO2)CC1. The standard InChI is InChI=1S/C24H37N5O3/c1-19-17-27(12-14-31-19)18-21-6-3-5-20(15-21)16-26-24(25-2)29-10-8-28(9-11-29)23(30)22-7-4-13-32-22/h3,5-6,15,19,22H,4,7-14,16-18H2,1-2H3,(H,25,26). The maximum Gasteiger partial charge on any atom is 0.251 e. The molecule has 0 bridgehead atoms. The first kappa shape index (κ1) is 23.0. The summed E-state index contributed by atoms with van der Waals surface area (Å²) in [7, 11) is 1.82. The fraction of sp³-hybridized carbons (Fsp3) is 0.667. The fourth-order valence-corrected chi connectivity index (χ4v) is 4.76. The molecule has 32 heavy (non-hydrogen) atoms. The first-order chi connectivity index (χ1) is 15.6. The molecule has 2 atom stereocenters. The van der Waals surface area contributed by atoms with E-state index in [-0.39, 0.29) is 12.0 Å². The smallest absolute Gasteiger partial charge is 0.251 e. The number of nitrogens with zero attached hydrogens (tertiary/aromatic N) is 4. The molecule has 3 aliphatic rings. The van der Waals surface area contributed by atoms with Gasteiger partial charge in [-0.2, -0.15) is 0 Å². The average molecular weight is 444 g/mol. The zero-order chi connectivity index (χ0) is 22.3. The third kappa shape index (κ3) is 5.99. The Morgan fingerprint density at radius 1 is 1.09 bits per heavy atom. The Morgan fingerprint density at radius 2 is 1.88 bits per heavy atom. The molecule has 0 aliphatic carbocycles. The zero-order valence-corrected chi connectivity index (χ0v) is 19.5. The van der Waals surface area contributed by atoms with E-state index in [9.17, 15) is 4.79 Å². The molecule has 1 aromatic rings. The Balaban J connectivity index is 1.25. The highest BCUT2D eigenvalue weighted by Crippen LogP contribution is 2.16. The number of ether oxygens (including phenoxy) is 2. The minimum atomic E-state index is -0.230. The van der Waals surface area contributed by atoms with Gasteiger partial charge in [-0.05, 0) is 30.9 Å². The van der Waals surface area contributed by atoms with Crippen LogP contribution in [0.5, 0.6) is 0 Å². The van der Waals surface area contributed by atoms with E-state index >= 15 is 0 Å². The van der Waals surface area contributed by atoms with Crippen LogP contribution in [0.4, 0.5) is 0 Å². The van der Waals surface area contributed by atoms with Gasteiger partial charge in [0.2, 0.25) is 0 Å². The minimum Gasteiger partial charge on any atom is -0.376 e. The van der Waals surface area contributed by atoms with E-state index in [2.05, 4.69) is 51.3 Å². The van der Waals surface area contributed by atoms with Gasteiger partial charge in [-0.1, -0.05) is 24.3 Å². The number of hydrogen-bond acceptors (Lipinski definition) is 5. The molecule has 1 aromatic carbocycles. The summed E-state index contributed by atoms with van der Waals surface area (Å²) in [5, 5.41) is 3.51. The van der Waals surface area contributed by atoms with E-state index in [1.165, 1.54) is 11.1 Å². The summed E-state index contributed by atoms with van der Waals surface area (Å²) in [6.07, 6.45) is 1.91. The van der Waals surface area contributed by atoms with Crippen molar-refractivity contribution < 1.29 is 14.3 Å². The van der Waals surface area contributed by atoms with Gasteiger partial charge in [-0.3, -0.25) is 14.7 Å². The van der Waals surface area contributed by atoms with Crippen LogP contribution < -0.4 is 5.32 Å². The minimum absolute atomic E-state index is 0.150. The van der Waals surface area contributed by atoms with Gasteiger partial charge in [-0.25, -0.2) is 0 Å². The second-order valence-corrected chi connectivity index (χ2v) is 8.95. The molecular weight excluding hydrogens is 406 g/mol. The van der Waals surface area contributed by atoms with Crippen LogP contribution in [0.2, 0.25) is 0 Å². The van der Waals surface area contributed by atoms with Crippen LogP contribution in [0.1, 0.15) is 30.9 Å². The van der Waals surface area contributed by atoms with Crippen molar-refractivity contribution in [3.05, 3.63) is 35.4 Å². The number of morpholine rings is 1. The van der Waals surface area contributed by atoms with Crippen molar-refractivity contribution in [1.29, 1.82) is 0 Å². The predicted octanol–water partition coefficient (Wildman–Crippen LogP) is 1.31. The van der Waals surface area contributed by atoms with E-state index in [4.69, 9.17) is 9.47 Å². The highest BCUT2D eigenvalue weighted by molar-refractivity contribution is 5.82. The lowest BCUT2D eigenvalue weighted by molar-refractivity contribution is -0.142. The van der Waals surface area contributed by atoms with Crippen molar-refractivity contribution in [3.8, 4) is 0 Å². The molecule has 1 amide bonds. The van der Waals surface area contributed by atoms with Gasteiger partial charge < -0.3 is 24.6 Å². The molecule has 3 saturated heterocycles. The lowest BCUT2D eigenvalue weighted by atomic mass is 10.1. The van der Waals surface area contributed by atoms with E-state index < -0.39 is 0 Å². The summed E-state index contributed by atoms with van der Waals surface area (Å²) in [4.78, 5) is 23.7. The quantitative estimate of drug-likeness (QED) is 0.547. The third-order valence-corrected chi connectivity index (χ3v) is 6.48. The van der Waals surface area contributed by atoms with E-state index in [0.29, 0.717) is 25.8 Å². The molecule has 8 heteroatoms. The van der Waals surface area contributed by atoms with Gasteiger partial charge in [0.25, 0.3) is 5.91 Å². The molecule has 0 aromatic heterocycles. The maximum absolute atomic E-state index is 12.6. The Morgan fingerprint density at radius 3 is 2.59 bits per heavy atom. The molecule has 176 valence electrons. The summed E-state index contributed by atoms with van der Waals surface area (Å²) in [6.45, 7) is 10.3. The Labute approximate surface area is 191 Å². The third-order valence-electron chi connectivity index (χ3n) is 6.48. The number of benzene rings is 1. The first-order valence-electron chi connectivity index (χ1n) is 11.9. The Kier molecular flexibility index (Phi) is 8.00. The van der Waals surface area contributed by atoms with Gasteiger partial charge in [-0.15, -0.1) is 0 Å². The number of hydrogen-bond donors (Lipinski definition) is 1. The molecule has 0 radical (unpaired) electrons. The number of carbonyl (C=O) groups is 1. The zero-order valence-electron chi connectivity index (χ0n) is 19.5. The number of nitrogens with one attached hydrogen (secondary N) is 1. The average Bonchev–Trinajstić information content (AvgIpc) is 3.35. The lowest BCUT2D eigenvalue weighted by Gasteiger charge is -2.37. The van der Waals surface area contributed by atoms with E-state index in [1.54, 1.807) is 0 Å². The lowest BCUT2D eigenvalue weighted by Crippen LogP contribution is -2.55. The molecule has 1 N–H and O–H groups in total. The van der Waals surface area contributed by atoms with Crippen LogP contribution in [0.15, 0.2) is 29.3 Å². The van der Waals surface area contributed by atoms with Crippen molar-refractivity contribution in [2.45, 2.75) is 45.1 Å². The molecule has 3 heterocycles. The molecule has 0 spiro atoms. The van der Waals surface area contributed by atoms with Crippen LogP contribution in [0.3, 0.4) is 0 Å². The van der Waals surface area contributed by atoms with Crippen molar-refractivity contribution in [2.75, 3.05) is 59.5 Å². The van der Waals surface area contributed by atoms with Gasteiger partial charge in [0.1, 0.15) is 6.10 Å². The molecule has 8 nitrogen and oxygen atoms in total. The number of guanidine groups is 1. The topological polar surface area (TPSA) is 69.6 Å². The molecule has 2 unspecified atom stereocenters. The van der Waals surface area contributed by atoms with Crippen LogP contribution in [-0.4, -0.2) is 98.3 Å². The van der Waals surface area contributed by atoms with Crippen LogP contribution in [0.25, 0.3) is 0 Å². The van der Waals surface area contributed by atoms with Crippen molar-refractivity contribution in [3.63, 3.8) is 0 Å². The van der Waals surface area contributed by atoms with Crippen molar-refractivity contribution in [2.24, 2.45) is 4.99 Å². The molecule has 3 aliphatic heterocycles. The summed E-state index contributed by atoms with van der Waals surface area (Å²) in [6, 6.07) is 8.76. The van der Waals surface area contributed by atoms with Gasteiger partial charge in [0, 0.05) is 66.0 Å². The number of rotatable bonds is 5. The summed E-state index contributed by atoms with van der Waals surface area (Å²) >= 11 is 0. The molecule has 4 rings (SSSR count). The summed E-state index contributed by atoms with van der Waals surface area (Å²) < 4.78 is 11.2. The van der Waals surface area contributed by atoms with Crippen molar-refractivity contribution >= 4 is 11.9 Å². The monoisotopic (exact) mass is 443 g/mol. The van der Waals surface area contributed by atoms with Gasteiger partial charge in [0.15, 0.2) is 5.96 Å². The number of aliphatic imine (C=N–C) groups is 1. The van der Waals surface area contributed by atoms with Crippen molar-refractivity contribution in [1.82, 2.24) is 20.0 Å². The van der Waals surface area contributed by atoms with Gasteiger partial charge >= 0.3 is 0 Å². The fourth-order valence-electron chi connectivity index (χ4n) is 4.76. The molecule has 3 fully saturated rings. The second kappa shape index (κ2) is 11.1. The molecular formula is C24H37N5O3. The summed E-state index contributed by atoms with van der Waals surface area (Å²) in [5.74, 6) is 1.04. The molecule has 0 saturated carbocycles. The van der Waals surface area contributed by atoms with Crippen LogP contribution >= 0.6 is 0 Å². The number of piperazine rings is 1. The Bertz CT molecular complexity index is 788. The predicted molar refractivity (Wildman–Crippen MR) is 124 cm³/mol. The number of amides is 1.